The summed E-state index contributed by atoms with van der Waals surface area (Å²) in [5, 5.41) is 5.07. The topological polar surface area (TPSA) is 135 Å². The highest BCUT2D eigenvalue weighted by Crippen LogP contribution is 2.38. The molecule has 2 amide bonds. The molecule has 0 saturated heterocycles. The molecule has 16 heteroatoms. The van der Waals surface area contributed by atoms with Crippen molar-refractivity contribution < 1.29 is 36.3 Å². The van der Waals surface area contributed by atoms with E-state index in [0.717, 1.165) is 13.8 Å². The molecular weight excluding hydrogens is 550 g/mol. The second-order valence-electron chi connectivity index (χ2n) is 8.19. The Balaban J connectivity index is 1.87. The fraction of sp³-hybridized carbons (Fsp3) is 0.333. The van der Waals surface area contributed by atoms with E-state index in [0.29, 0.717) is 0 Å². The maximum atomic E-state index is 13.1. The summed E-state index contributed by atoms with van der Waals surface area (Å²) in [7, 11) is 0. The van der Waals surface area contributed by atoms with Gasteiger partial charge < -0.3 is 26.1 Å². The lowest BCUT2D eigenvalue weighted by molar-refractivity contribution is -0.211. The second-order valence-corrected chi connectivity index (χ2v) is 8.98. The number of aromatic amines is 1. The summed E-state index contributed by atoms with van der Waals surface area (Å²) in [6, 6.07) is 4.03. The highest BCUT2D eigenvalue weighted by Gasteiger charge is 2.52. The molecule has 0 saturated carbocycles. The van der Waals surface area contributed by atoms with Crippen molar-refractivity contribution in [2.75, 3.05) is 11.9 Å². The van der Waals surface area contributed by atoms with E-state index in [1.54, 1.807) is 0 Å². The van der Waals surface area contributed by atoms with Crippen molar-refractivity contribution in [3.63, 3.8) is 0 Å². The predicted molar refractivity (Wildman–Crippen MR) is 125 cm³/mol. The molecule has 37 heavy (non-hydrogen) atoms. The smallest absolute Gasteiger partial charge is 0.402 e. The van der Waals surface area contributed by atoms with Crippen molar-refractivity contribution in [3.05, 3.63) is 39.4 Å². The van der Waals surface area contributed by atoms with E-state index in [9.17, 15) is 31.5 Å². The number of amides is 2. The average Bonchev–Trinajstić information content (AvgIpc) is 3.19. The van der Waals surface area contributed by atoms with Gasteiger partial charge in [0, 0.05) is 6.54 Å². The molecule has 0 aliphatic heterocycles. The lowest BCUT2D eigenvalue weighted by atomic mass is 9.91. The fourth-order valence-corrected chi connectivity index (χ4v) is 3.44. The summed E-state index contributed by atoms with van der Waals surface area (Å²) < 4.78 is 69.3. The third kappa shape index (κ3) is 6.13. The van der Waals surface area contributed by atoms with Gasteiger partial charge in [-0.2, -0.15) is 23.1 Å². The number of carbonyl (C=O) groups excluding carboxylic acids is 2. The number of nitrogens with one attached hydrogen (secondary N) is 3. The quantitative estimate of drug-likeness (QED) is 0.269. The van der Waals surface area contributed by atoms with Crippen LogP contribution in [-0.2, 0) is 11.3 Å². The summed E-state index contributed by atoms with van der Waals surface area (Å²) in [6.07, 6.45) is -7.59. The van der Waals surface area contributed by atoms with Crippen molar-refractivity contribution in [2.45, 2.75) is 33.0 Å². The Morgan fingerprint density at radius 3 is 2.46 bits per heavy atom. The molecular formula is C21H19Cl2F5N6O3. The second kappa shape index (κ2) is 10.5. The number of fused-ring (bicyclic) bond motifs is 1. The van der Waals surface area contributed by atoms with Crippen LogP contribution in [0.4, 0.5) is 33.6 Å². The van der Waals surface area contributed by atoms with Crippen LogP contribution < -0.4 is 21.1 Å². The van der Waals surface area contributed by atoms with E-state index >= 15 is 0 Å². The largest absolute Gasteiger partial charge is 0.471 e. The molecule has 3 rings (SSSR count). The first-order valence-electron chi connectivity index (χ1n) is 10.3. The number of imidazole rings is 1. The molecule has 9 nitrogen and oxygen atoms in total. The molecule has 1 aromatic carbocycles. The molecule has 200 valence electrons. The van der Waals surface area contributed by atoms with Gasteiger partial charge in [-0.1, -0.05) is 29.3 Å². The van der Waals surface area contributed by atoms with E-state index < -0.39 is 42.3 Å². The lowest BCUT2D eigenvalue weighted by Gasteiger charge is -2.26. The van der Waals surface area contributed by atoms with Crippen LogP contribution in [0.15, 0.2) is 18.2 Å². The third-order valence-electron chi connectivity index (χ3n) is 5.18. The van der Waals surface area contributed by atoms with Crippen molar-refractivity contribution in [3.8, 4) is 5.88 Å². The van der Waals surface area contributed by atoms with E-state index in [-0.39, 0.29) is 50.5 Å². The molecule has 0 fully saturated rings. The van der Waals surface area contributed by atoms with E-state index in [1.165, 1.54) is 18.2 Å². The lowest BCUT2D eigenvalue weighted by Crippen LogP contribution is -2.46. The van der Waals surface area contributed by atoms with Crippen LogP contribution in [0.3, 0.4) is 0 Å². The summed E-state index contributed by atoms with van der Waals surface area (Å²) in [5.41, 5.74) is 2.88. The fourth-order valence-electron chi connectivity index (χ4n) is 2.90. The molecule has 2 heterocycles. The van der Waals surface area contributed by atoms with E-state index in [2.05, 4.69) is 25.6 Å². The first kappa shape index (κ1) is 28.2. The normalized spacial score (nSPS) is 12.2. The predicted octanol–water partition coefficient (Wildman–Crippen LogP) is 4.96. The molecule has 0 bridgehead atoms. The van der Waals surface area contributed by atoms with E-state index in [1.807, 2.05) is 0 Å². The molecule has 0 unspecified atom stereocenters. The Morgan fingerprint density at radius 1 is 1.19 bits per heavy atom. The number of benzene rings is 1. The summed E-state index contributed by atoms with van der Waals surface area (Å²) in [6.45, 7) is 0.143. The Labute approximate surface area is 215 Å². The van der Waals surface area contributed by atoms with Crippen molar-refractivity contribution in [1.82, 2.24) is 20.3 Å². The molecule has 3 aromatic rings. The summed E-state index contributed by atoms with van der Waals surface area (Å²) >= 11 is 12.6. The maximum Gasteiger partial charge on any atom is 0.402 e. The number of carbonyl (C=O) groups is 2. The molecule has 0 aliphatic carbocycles. The van der Waals surface area contributed by atoms with Gasteiger partial charge in [-0.15, -0.1) is 0 Å². The Morgan fingerprint density at radius 2 is 1.86 bits per heavy atom. The Bertz CT molecular complexity index is 1350. The van der Waals surface area contributed by atoms with Crippen LogP contribution in [-0.4, -0.2) is 46.0 Å². The number of nitrogens with two attached hydrogens (primary N) is 1. The van der Waals surface area contributed by atoms with Crippen molar-refractivity contribution in [2.24, 2.45) is 11.1 Å². The zero-order chi connectivity index (χ0) is 27.7. The standard InChI is InChI=1S/C21H19Cl2F5N6O3/c1-20(2,21(26,27)28)18(36)30-6-8-3-4-10(22)14(13(8)23)32-19-31-11-5-9(15(29)35)17(33-16(11)34-19)37-7-12(24)25/h3-5,12H,6-7H2,1-2H3,(H2,29,35)(H,30,36)(H2,31,32,33,34). The van der Waals surface area contributed by atoms with Crippen LogP contribution in [0, 0.1) is 5.41 Å². The molecule has 5 N–H and O–H groups in total. The number of primary amides is 1. The van der Waals surface area contributed by atoms with Gasteiger partial charge in [-0.05, 0) is 31.5 Å². The molecule has 0 spiro atoms. The molecule has 0 atom stereocenters. The minimum Gasteiger partial charge on any atom is -0.471 e. The number of anilines is 2. The molecule has 0 radical (unpaired) electrons. The molecule has 0 aliphatic rings. The van der Waals surface area contributed by atoms with Crippen LogP contribution in [0.25, 0.3) is 11.2 Å². The summed E-state index contributed by atoms with van der Waals surface area (Å²) in [4.78, 5) is 34.7. The van der Waals surface area contributed by atoms with Crippen molar-refractivity contribution in [1.29, 1.82) is 0 Å². The monoisotopic (exact) mass is 568 g/mol. The number of alkyl halides is 5. The van der Waals surface area contributed by atoms with Crippen LogP contribution in [0.1, 0.15) is 29.8 Å². The van der Waals surface area contributed by atoms with Gasteiger partial charge in [0.1, 0.15) is 11.0 Å². The van der Waals surface area contributed by atoms with Gasteiger partial charge in [0.15, 0.2) is 12.3 Å². The number of rotatable bonds is 9. The third-order valence-corrected chi connectivity index (χ3v) is 5.93. The van der Waals surface area contributed by atoms with Crippen LogP contribution in [0.5, 0.6) is 5.88 Å². The van der Waals surface area contributed by atoms with Gasteiger partial charge in [0.25, 0.3) is 12.3 Å². The highest BCUT2D eigenvalue weighted by molar-refractivity contribution is 6.39. The highest BCUT2D eigenvalue weighted by atomic mass is 35.5. The van der Waals surface area contributed by atoms with Gasteiger partial charge in [0.2, 0.25) is 17.7 Å². The zero-order valence-corrected chi connectivity index (χ0v) is 20.6. The van der Waals surface area contributed by atoms with Gasteiger partial charge >= 0.3 is 6.18 Å². The van der Waals surface area contributed by atoms with Crippen molar-refractivity contribution >= 4 is 57.8 Å². The van der Waals surface area contributed by atoms with Gasteiger partial charge in [-0.25, -0.2) is 8.78 Å². The Hall–Kier alpha value is -3.39. The number of nitrogens with zero attached hydrogens (tertiary/aromatic N) is 2. The number of pyridine rings is 1. The SMILES string of the molecule is CC(C)(C(=O)NCc1ccc(Cl)c(Nc2nc3nc(OCC(F)F)c(C(N)=O)cc3[nH]2)c1Cl)C(F)(F)F. The number of hydrogen-bond donors (Lipinski definition) is 4. The zero-order valence-electron chi connectivity index (χ0n) is 19.1. The van der Waals surface area contributed by atoms with Gasteiger partial charge in [0.05, 0.1) is 21.2 Å². The number of hydrogen-bond acceptors (Lipinski definition) is 6. The minimum absolute atomic E-state index is 0.00659. The minimum atomic E-state index is -4.76. The number of aromatic nitrogens is 3. The Kier molecular flexibility index (Phi) is 8.03. The number of ether oxygens (including phenoxy) is 1. The van der Waals surface area contributed by atoms with Crippen LogP contribution >= 0.6 is 23.2 Å². The van der Waals surface area contributed by atoms with Gasteiger partial charge in [-0.3, -0.25) is 9.59 Å². The number of halogens is 7. The first-order chi connectivity index (χ1) is 17.1. The maximum absolute atomic E-state index is 13.1. The first-order valence-corrected chi connectivity index (χ1v) is 11.1. The van der Waals surface area contributed by atoms with Crippen LogP contribution in [0.2, 0.25) is 10.0 Å². The number of H-pyrrole nitrogens is 1. The molecule has 2 aromatic heterocycles. The summed E-state index contributed by atoms with van der Waals surface area (Å²) in [5.74, 6) is -2.66. The average molecular weight is 569 g/mol. The van der Waals surface area contributed by atoms with E-state index in [4.69, 9.17) is 33.7 Å².